The van der Waals surface area contributed by atoms with Crippen LogP contribution in [0.4, 0.5) is 0 Å². The minimum atomic E-state index is -1.22. The van der Waals surface area contributed by atoms with Crippen LogP contribution in [0, 0.1) is 0 Å². The molecule has 0 saturated carbocycles. The highest BCUT2D eigenvalue weighted by Crippen LogP contribution is 2.20. The summed E-state index contributed by atoms with van der Waals surface area (Å²) in [6.45, 7) is 6.16. The molecule has 0 aromatic heterocycles. The van der Waals surface area contributed by atoms with E-state index in [-0.39, 0.29) is 13.0 Å². The van der Waals surface area contributed by atoms with E-state index in [1.807, 2.05) is 0 Å². The summed E-state index contributed by atoms with van der Waals surface area (Å²) in [6, 6.07) is 0. The van der Waals surface area contributed by atoms with E-state index in [9.17, 15) is 19.2 Å². The van der Waals surface area contributed by atoms with Crippen molar-refractivity contribution < 1.29 is 38.1 Å². The van der Waals surface area contributed by atoms with E-state index in [0.717, 1.165) is 20.8 Å². The van der Waals surface area contributed by atoms with E-state index in [4.69, 9.17) is 24.7 Å². The summed E-state index contributed by atoms with van der Waals surface area (Å²) >= 11 is 0. The third kappa shape index (κ3) is 7.91. The highest BCUT2D eigenvalue weighted by Gasteiger charge is 2.42. The molecule has 0 unspecified atom stereocenters. The molecule has 24 heavy (non-hydrogen) atoms. The summed E-state index contributed by atoms with van der Waals surface area (Å²) in [5, 5.41) is 0. The lowest BCUT2D eigenvalue weighted by Crippen LogP contribution is -2.53. The Kier molecular flexibility index (Phi) is 9.63. The van der Waals surface area contributed by atoms with Crippen molar-refractivity contribution in [3.8, 4) is 0 Å². The van der Waals surface area contributed by atoms with Gasteiger partial charge in [-0.3, -0.25) is 19.2 Å². The molecule has 4 atom stereocenters. The zero-order valence-electron chi connectivity index (χ0n) is 14.6. The molecule has 9 nitrogen and oxygen atoms in total. The first kappa shape index (κ1) is 21.8. The Morgan fingerprint density at radius 3 is 1.33 bits per heavy atom. The quantitative estimate of drug-likeness (QED) is 0.455. The van der Waals surface area contributed by atoms with Crippen molar-refractivity contribution in [2.75, 3.05) is 6.54 Å². The van der Waals surface area contributed by atoms with E-state index in [1.165, 1.54) is 6.92 Å². The van der Waals surface area contributed by atoms with Crippen LogP contribution in [0.2, 0.25) is 0 Å². The number of esters is 4. The lowest BCUT2D eigenvalue weighted by Gasteiger charge is -2.34. The fraction of sp³-hybridized carbons (Fsp3) is 0.733. The van der Waals surface area contributed by atoms with Gasteiger partial charge >= 0.3 is 23.9 Å². The average molecular weight is 347 g/mol. The number of carbonyl (C=O) groups excluding carboxylic acids is 4. The summed E-state index contributed by atoms with van der Waals surface area (Å²) in [7, 11) is 0. The Hall–Kier alpha value is -2.16. The molecule has 0 aliphatic heterocycles. The predicted molar refractivity (Wildman–Crippen MR) is 81.6 cm³/mol. The second-order valence-corrected chi connectivity index (χ2v) is 5.09. The molecule has 0 fully saturated rings. The summed E-state index contributed by atoms with van der Waals surface area (Å²) in [5.74, 6) is -2.62. The van der Waals surface area contributed by atoms with Gasteiger partial charge in [0.2, 0.25) is 0 Å². The number of nitrogens with two attached hydrogens (primary N) is 1. The van der Waals surface area contributed by atoms with Crippen LogP contribution in [0.3, 0.4) is 0 Å². The molecule has 0 amide bonds. The second-order valence-electron chi connectivity index (χ2n) is 5.09. The Labute approximate surface area is 140 Å². The fourth-order valence-corrected chi connectivity index (χ4v) is 2.15. The molecular formula is C15H25NO8. The molecule has 0 saturated heterocycles. The van der Waals surface area contributed by atoms with Crippen molar-refractivity contribution in [2.24, 2.45) is 5.73 Å². The molecule has 0 spiro atoms. The third-order valence-electron chi connectivity index (χ3n) is 2.93. The van der Waals surface area contributed by atoms with Crippen molar-refractivity contribution in [1.82, 2.24) is 0 Å². The van der Waals surface area contributed by atoms with Crippen molar-refractivity contribution in [2.45, 2.75) is 65.5 Å². The maximum absolute atomic E-state index is 11.4. The third-order valence-corrected chi connectivity index (χ3v) is 2.93. The highest BCUT2D eigenvalue weighted by molar-refractivity contribution is 5.69. The van der Waals surface area contributed by atoms with Crippen LogP contribution in [-0.2, 0) is 38.1 Å². The van der Waals surface area contributed by atoms with E-state index in [0.29, 0.717) is 0 Å². The zero-order chi connectivity index (χ0) is 18.9. The standard InChI is InChI=1S/C15H25NO8/c1-6-12(21-8(2)17)14(23-10(4)19)15(24-11(5)20)13(7-16)22-9(3)18/h12-15H,6-7,16H2,1-5H3/t12-,13+,14-,15-/m1/s1. The van der Waals surface area contributed by atoms with Crippen molar-refractivity contribution in [3.63, 3.8) is 0 Å². The number of ether oxygens (including phenoxy) is 4. The van der Waals surface area contributed by atoms with Gasteiger partial charge in [0.15, 0.2) is 18.3 Å². The number of carbonyl (C=O) groups is 4. The molecular weight excluding hydrogens is 322 g/mol. The Balaban J connectivity index is 5.74. The minimum absolute atomic E-state index is 0.189. The summed E-state index contributed by atoms with van der Waals surface area (Å²) in [6.07, 6.45) is -4.09. The largest absolute Gasteiger partial charge is 0.458 e. The molecule has 0 aliphatic rings. The first-order valence-electron chi connectivity index (χ1n) is 7.51. The summed E-state index contributed by atoms with van der Waals surface area (Å²) in [4.78, 5) is 45.4. The molecule has 0 radical (unpaired) electrons. The van der Waals surface area contributed by atoms with Crippen molar-refractivity contribution in [3.05, 3.63) is 0 Å². The maximum Gasteiger partial charge on any atom is 0.303 e. The molecule has 0 heterocycles. The van der Waals surface area contributed by atoms with Crippen LogP contribution in [0.1, 0.15) is 41.0 Å². The van der Waals surface area contributed by atoms with Crippen LogP contribution >= 0.6 is 0 Å². The number of hydrogen-bond donors (Lipinski definition) is 1. The lowest BCUT2D eigenvalue weighted by atomic mass is 10.00. The van der Waals surface area contributed by atoms with Gasteiger partial charge in [-0.15, -0.1) is 0 Å². The normalized spacial score (nSPS) is 15.4. The Morgan fingerprint density at radius 1 is 0.708 bits per heavy atom. The summed E-state index contributed by atoms with van der Waals surface area (Å²) in [5.41, 5.74) is 5.59. The molecule has 138 valence electrons. The van der Waals surface area contributed by atoms with Crippen LogP contribution in [0.25, 0.3) is 0 Å². The minimum Gasteiger partial charge on any atom is -0.458 e. The first-order chi connectivity index (χ1) is 11.1. The number of rotatable bonds is 9. The highest BCUT2D eigenvalue weighted by atomic mass is 16.6. The van der Waals surface area contributed by atoms with Gasteiger partial charge in [-0.1, -0.05) is 6.92 Å². The van der Waals surface area contributed by atoms with Crippen LogP contribution in [-0.4, -0.2) is 54.8 Å². The van der Waals surface area contributed by atoms with Crippen LogP contribution in [0.15, 0.2) is 0 Å². The summed E-state index contributed by atoms with van der Waals surface area (Å²) < 4.78 is 20.5. The fourth-order valence-electron chi connectivity index (χ4n) is 2.15. The molecule has 0 bridgehead atoms. The van der Waals surface area contributed by atoms with E-state index < -0.39 is 48.3 Å². The van der Waals surface area contributed by atoms with Gasteiger partial charge in [0, 0.05) is 34.2 Å². The second kappa shape index (κ2) is 10.6. The molecule has 9 heteroatoms. The topological polar surface area (TPSA) is 131 Å². The van der Waals surface area contributed by atoms with Gasteiger partial charge in [-0.25, -0.2) is 0 Å². The van der Waals surface area contributed by atoms with Gasteiger partial charge in [-0.2, -0.15) is 0 Å². The van der Waals surface area contributed by atoms with Crippen molar-refractivity contribution >= 4 is 23.9 Å². The van der Waals surface area contributed by atoms with Gasteiger partial charge in [-0.05, 0) is 6.42 Å². The van der Waals surface area contributed by atoms with E-state index in [2.05, 4.69) is 0 Å². The Bertz CT molecular complexity index is 422. The monoisotopic (exact) mass is 347 g/mol. The van der Waals surface area contributed by atoms with Gasteiger partial charge < -0.3 is 24.7 Å². The predicted octanol–water partition coefficient (Wildman–Crippen LogP) is 0.0819. The molecule has 0 aliphatic carbocycles. The SMILES string of the molecule is CC[C@@H](OC(C)=O)[C@@H](OC(C)=O)[C@H](OC(C)=O)[C@H](CN)OC(C)=O. The van der Waals surface area contributed by atoms with Crippen LogP contribution in [0.5, 0.6) is 0 Å². The first-order valence-corrected chi connectivity index (χ1v) is 7.51. The van der Waals surface area contributed by atoms with Crippen LogP contribution < -0.4 is 5.73 Å². The maximum atomic E-state index is 11.4. The smallest absolute Gasteiger partial charge is 0.303 e. The van der Waals surface area contributed by atoms with Gasteiger partial charge in [0.1, 0.15) is 6.10 Å². The Morgan fingerprint density at radius 2 is 1.04 bits per heavy atom. The average Bonchev–Trinajstić information content (AvgIpc) is 2.45. The van der Waals surface area contributed by atoms with E-state index in [1.54, 1.807) is 6.92 Å². The van der Waals surface area contributed by atoms with Gasteiger partial charge in [0.05, 0.1) is 0 Å². The van der Waals surface area contributed by atoms with E-state index >= 15 is 0 Å². The van der Waals surface area contributed by atoms with Crippen molar-refractivity contribution in [1.29, 1.82) is 0 Å². The lowest BCUT2D eigenvalue weighted by molar-refractivity contribution is -0.197. The molecule has 0 aromatic carbocycles. The zero-order valence-corrected chi connectivity index (χ0v) is 14.6. The molecule has 0 aromatic rings. The van der Waals surface area contributed by atoms with Gasteiger partial charge in [0.25, 0.3) is 0 Å². The number of hydrogen-bond acceptors (Lipinski definition) is 9. The molecule has 2 N–H and O–H groups in total. The molecule has 0 rings (SSSR count).